The first-order chi connectivity index (χ1) is 13.8. The maximum atomic E-state index is 12.2. The molecule has 0 fully saturated rings. The van der Waals surface area contributed by atoms with E-state index in [0.717, 1.165) is 17.7 Å². The fraction of sp³-hybridized carbons (Fsp3) is 0.263. The molecule has 0 N–H and O–H groups in total. The summed E-state index contributed by atoms with van der Waals surface area (Å²) in [6, 6.07) is 6.78. The van der Waals surface area contributed by atoms with E-state index in [-0.39, 0.29) is 18.9 Å². The first-order valence-corrected chi connectivity index (χ1v) is 8.84. The van der Waals surface area contributed by atoms with Gasteiger partial charge in [-0.3, -0.25) is 0 Å². The summed E-state index contributed by atoms with van der Waals surface area (Å²) in [5.41, 5.74) is 1.83. The second-order valence-electron chi connectivity index (χ2n) is 5.90. The average molecular weight is 429 g/mol. The standard InChI is InChI=1S/C19H16ClF3N2O4/c1-27-18(26)16-7-6-14-15(8-9-24-17(14)20)25(16)10-11-28-12-2-4-13(5-3-12)29-19(21,22)23/h2-5,7-9H,6,10-11H2,1H3. The number of esters is 1. The first-order valence-electron chi connectivity index (χ1n) is 8.46. The number of halogens is 4. The number of carbonyl (C=O) groups excluding carboxylic acids is 1. The molecule has 29 heavy (non-hydrogen) atoms. The number of pyridine rings is 1. The lowest BCUT2D eigenvalue weighted by Crippen LogP contribution is -2.35. The highest BCUT2D eigenvalue weighted by Gasteiger charge is 2.31. The van der Waals surface area contributed by atoms with Crippen molar-refractivity contribution < 1.29 is 32.2 Å². The Morgan fingerprint density at radius 1 is 1.21 bits per heavy atom. The normalized spacial score (nSPS) is 13.4. The second-order valence-corrected chi connectivity index (χ2v) is 6.26. The molecule has 3 rings (SSSR count). The highest BCUT2D eigenvalue weighted by molar-refractivity contribution is 6.30. The average Bonchev–Trinajstić information content (AvgIpc) is 2.68. The molecule has 0 aliphatic carbocycles. The molecule has 0 bridgehead atoms. The van der Waals surface area contributed by atoms with Crippen molar-refractivity contribution in [2.75, 3.05) is 25.2 Å². The van der Waals surface area contributed by atoms with Gasteiger partial charge in [0.15, 0.2) is 0 Å². The fourth-order valence-corrected chi connectivity index (χ4v) is 3.10. The molecular weight excluding hydrogens is 413 g/mol. The summed E-state index contributed by atoms with van der Waals surface area (Å²) in [4.78, 5) is 17.9. The molecule has 0 saturated carbocycles. The lowest BCUT2D eigenvalue weighted by Gasteiger charge is -2.31. The minimum atomic E-state index is -4.75. The lowest BCUT2D eigenvalue weighted by molar-refractivity contribution is -0.274. The Labute approximate surface area is 169 Å². The number of benzene rings is 1. The van der Waals surface area contributed by atoms with Crippen LogP contribution in [0.1, 0.15) is 5.56 Å². The fourth-order valence-electron chi connectivity index (χ4n) is 2.87. The summed E-state index contributed by atoms with van der Waals surface area (Å²) in [5.74, 6) is -0.488. The minimum Gasteiger partial charge on any atom is -0.492 e. The van der Waals surface area contributed by atoms with Crippen molar-refractivity contribution in [2.45, 2.75) is 12.8 Å². The van der Waals surface area contributed by atoms with Crippen molar-refractivity contribution in [2.24, 2.45) is 0 Å². The van der Waals surface area contributed by atoms with Crippen LogP contribution in [-0.4, -0.2) is 37.6 Å². The zero-order valence-electron chi connectivity index (χ0n) is 15.2. The van der Waals surface area contributed by atoms with E-state index in [1.165, 1.54) is 25.4 Å². The van der Waals surface area contributed by atoms with E-state index in [1.807, 2.05) is 0 Å². The Morgan fingerprint density at radius 3 is 2.55 bits per heavy atom. The van der Waals surface area contributed by atoms with Gasteiger partial charge in [-0.15, -0.1) is 13.2 Å². The molecule has 0 radical (unpaired) electrons. The molecule has 0 spiro atoms. The maximum absolute atomic E-state index is 12.2. The van der Waals surface area contributed by atoms with Gasteiger partial charge in [-0.1, -0.05) is 11.6 Å². The quantitative estimate of drug-likeness (QED) is 0.509. The van der Waals surface area contributed by atoms with Crippen molar-refractivity contribution in [1.82, 2.24) is 4.98 Å². The zero-order chi connectivity index (χ0) is 21.0. The van der Waals surface area contributed by atoms with Crippen molar-refractivity contribution in [3.05, 3.63) is 59.0 Å². The van der Waals surface area contributed by atoms with Gasteiger partial charge in [-0.05, 0) is 42.8 Å². The summed E-state index contributed by atoms with van der Waals surface area (Å²) < 4.78 is 50.9. The topological polar surface area (TPSA) is 60.9 Å². The van der Waals surface area contributed by atoms with Crippen LogP contribution in [0.2, 0.25) is 5.15 Å². The molecule has 2 aromatic rings. The monoisotopic (exact) mass is 428 g/mol. The van der Waals surface area contributed by atoms with Crippen LogP contribution in [0.25, 0.3) is 0 Å². The summed E-state index contributed by atoms with van der Waals surface area (Å²) in [6.07, 6.45) is -1.08. The number of aromatic nitrogens is 1. The molecule has 154 valence electrons. The molecule has 10 heteroatoms. The molecule has 1 aliphatic heterocycles. The summed E-state index contributed by atoms with van der Waals surface area (Å²) in [7, 11) is 1.29. The number of hydrogen-bond donors (Lipinski definition) is 0. The predicted molar refractivity (Wildman–Crippen MR) is 99.0 cm³/mol. The molecule has 0 unspecified atom stereocenters. The van der Waals surface area contributed by atoms with Crippen LogP contribution >= 0.6 is 11.6 Å². The Kier molecular flexibility index (Phi) is 6.17. The number of fused-ring (bicyclic) bond motifs is 1. The summed E-state index contributed by atoms with van der Waals surface area (Å²) in [5, 5.41) is 0.342. The Bertz CT molecular complexity index is 917. The van der Waals surface area contributed by atoms with Gasteiger partial charge in [0.2, 0.25) is 0 Å². The van der Waals surface area contributed by atoms with E-state index < -0.39 is 12.3 Å². The summed E-state index contributed by atoms with van der Waals surface area (Å²) in [6.45, 7) is 0.419. The SMILES string of the molecule is COC(=O)C1=CCc2c(ccnc2Cl)N1CCOc1ccc(OC(F)(F)F)cc1. The molecule has 6 nitrogen and oxygen atoms in total. The third-order valence-electron chi connectivity index (χ3n) is 4.10. The van der Waals surface area contributed by atoms with Crippen molar-refractivity contribution in [3.8, 4) is 11.5 Å². The van der Waals surface area contributed by atoms with Crippen molar-refractivity contribution >= 4 is 23.3 Å². The van der Waals surface area contributed by atoms with E-state index in [2.05, 4.69) is 9.72 Å². The largest absolute Gasteiger partial charge is 0.573 e. The number of rotatable bonds is 6. The van der Waals surface area contributed by atoms with E-state index in [0.29, 0.717) is 28.7 Å². The molecule has 2 heterocycles. The Balaban J connectivity index is 1.69. The van der Waals surface area contributed by atoms with E-state index in [1.54, 1.807) is 17.0 Å². The number of hydrogen-bond acceptors (Lipinski definition) is 6. The minimum absolute atomic E-state index is 0.146. The van der Waals surface area contributed by atoms with Crippen LogP contribution in [0.15, 0.2) is 48.3 Å². The number of ether oxygens (including phenoxy) is 3. The van der Waals surface area contributed by atoms with Gasteiger partial charge in [0.1, 0.15) is 29.0 Å². The summed E-state index contributed by atoms with van der Waals surface area (Å²) >= 11 is 6.15. The number of nitrogens with zero attached hydrogens (tertiary/aromatic N) is 2. The number of alkyl halides is 3. The number of methoxy groups -OCH3 is 1. The molecule has 1 aliphatic rings. The molecule has 0 amide bonds. The smallest absolute Gasteiger partial charge is 0.492 e. The van der Waals surface area contributed by atoms with E-state index >= 15 is 0 Å². The Hall–Kier alpha value is -2.94. The highest BCUT2D eigenvalue weighted by Crippen LogP contribution is 2.33. The van der Waals surface area contributed by atoms with Crippen LogP contribution in [0.5, 0.6) is 11.5 Å². The van der Waals surface area contributed by atoms with Crippen LogP contribution in [-0.2, 0) is 16.0 Å². The molecule has 0 atom stereocenters. The van der Waals surface area contributed by atoms with Gasteiger partial charge in [0.25, 0.3) is 0 Å². The third-order valence-corrected chi connectivity index (χ3v) is 4.42. The van der Waals surface area contributed by atoms with Gasteiger partial charge in [-0.25, -0.2) is 9.78 Å². The molecule has 1 aromatic heterocycles. The van der Waals surface area contributed by atoms with Crippen LogP contribution in [0.3, 0.4) is 0 Å². The van der Waals surface area contributed by atoms with Gasteiger partial charge < -0.3 is 19.1 Å². The van der Waals surface area contributed by atoms with Crippen molar-refractivity contribution in [3.63, 3.8) is 0 Å². The third kappa shape index (κ3) is 5.11. The number of allylic oxidation sites excluding steroid dienone is 1. The molecule has 1 aromatic carbocycles. The van der Waals surface area contributed by atoms with E-state index in [9.17, 15) is 18.0 Å². The Morgan fingerprint density at radius 2 is 1.90 bits per heavy atom. The van der Waals surface area contributed by atoms with Crippen LogP contribution < -0.4 is 14.4 Å². The first kappa shape index (κ1) is 20.8. The predicted octanol–water partition coefficient (Wildman–Crippen LogP) is 4.13. The zero-order valence-corrected chi connectivity index (χ0v) is 16.0. The van der Waals surface area contributed by atoms with Crippen LogP contribution in [0, 0.1) is 0 Å². The second kappa shape index (κ2) is 8.60. The number of anilines is 1. The van der Waals surface area contributed by atoms with Gasteiger partial charge in [0, 0.05) is 17.4 Å². The van der Waals surface area contributed by atoms with Gasteiger partial charge in [-0.2, -0.15) is 0 Å². The van der Waals surface area contributed by atoms with Crippen molar-refractivity contribution in [1.29, 1.82) is 0 Å². The molecule has 0 saturated heterocycles. The highest BCUT2D eigenvalue weighted by atomic mass is 35.5. The molecular formula is C19H16ClF3N2O4. The lowest BCUT2D eigenvalue weighted by atomic mass is 10.0. The maximum Gasteiger partial charge on any atom is 0.573 e. The van der Waals surface area contributed by atoms with Gasteiger partial charge >= 0.3 is 12.3 Å². The van der Waals surface area contributed by atoms with E-state index in [4.69, 9.17) is 21.1 Å². The van der Waals surface area contributed by atoms with Crippen LogP contribution in [0.4, 0.5) is 18.9 Å². The van der Waals surface area contributed by atoms with Gasteiger partial charge in [0.05, 0.1) is 13.7 Å². The number of carbonyl (C=O) groups is 1.